The number of hydrogen-bond acceptors (Lipinski definition) is 1. The molecule has 0 radical (unpaired) electrons. The Balaban J connectivity index is 3.11. The number of alkyl halides is 3. The van der Waals surface area contributed by atoms with Crippen LogP contribution >= 0.6 is 34.8 Å². The van der Waals surface area contributed by atoms with Gasteiger partial charge in [0.25, 0.3) is 0 Å². The highest BCUT2D eigenvalue weighted by Crippen LogP contribution is 2.29. The summed E-state index contributed by atoms with van der Waals surface area (Å²) in [5.41, 5.74) is 0. The van der Waals surface area contributed by atoms with Crippen LogP contribution in [0.5, 0.6) is 0 Å². The molecule has 0 unspecified atom stereocenters. The number of rotatable bonds is 2. The van der Waals surface area contributed by atoms with Crippen LogP contribution in [0.2, 0.25) is 0 Å². The quantitative estimate of drug-likeness (QED) is 0.471. The van der Waals surface area contributed by atoms with Crippen LogP contribution in [0.25, 0.3) is 0 Å². The lowest BCUT2D eigenvalue weighted by atomic mass is 10.5. The Kier molecular flexibility index (Phi) is 4.48. The van der Waals surface area contributed by atoms with Gasteiger partial charge in [-0.15, -0.1) is 0 Å². The molecular weight excluding hydrogens is 186 g/mol. The summed E-state index contributed by atoms with van der Waals surface area (Å²) in [4.78, 5) is 0. The SMILES string of the molecule is [SiH3]OCCC(Cl)(Cl)Cl. The van der Waals surface area contributed by atoms with Gasteiger partial charge in [0, 0.05) is 13.0 Å². The molecule has 0 fully saturated rings. The smallest absolute Gasteiger partial charge is 0.192 e. The largest absolute Gasteiger partial charge is 0.428 e. The fourth-order valence-electron chi connectivity index (χ4n) is 0.218. The molecule has 0 aliphatic rings. The van der Waals surface area contributed by atoms with Gasteiger partial charge in [-0.25, -0.2) is 0 Å². The molecule has 0 aromatic carbocycles. The van der Waals surface area contributed by atoms with Gasteiger partial charge in [-0.1, -0.05) is 34.8 Å². The first-order chi connectivity index (χ1) is 3.56. The van der Waals surface area contributed by atoms with Crippen LogP contribution < -0.4 is 0 Å². The average molecular weight is 194 g/mol. The molecule has 0 rings (SSSR count). The van der Waals surface area contributed by atoms with Gasteiger partial charge < -0.3 is 4.43 Å². The van der Waals surface area contributed by atoms with Gasteiger partial charge in [-0.05, 0) is 0 Å². The van der Waals surface area contributed by atoms with Gasteiger partial charge >= 0.3 is 0 Å². The van der Waals surface area contributed by atoms with Gasteiger partial charge in [0.05, 0.1) is 0 Å². The van der Waals surface area contributed by atoms with E-state index in [-0.39, 0.29) is 0 Å². The van der Waals surface area contributed by atoms with Crippen LogP contribution in [0.3, 0.4) is 0 Å². The van der Waals surface area contributed by atoms with Crippen molar-refractivity contribution in [3.05, 3.63) is 0 Å². The van der Waals surface area contributed by atoms with Crippen molar-refractivity contribution in [3.8, 4) is 0 Å². The summed E-state index contributed by atoms with van der Waals surface area (Å²) in [5.74, 6) is 0. The van der Waals surface area contributed by atoms with Crippen LogP contribution in [-0.2, 0) is 4.43 Å². The van der Waals surface area contributed by atoms with Gasteiger partial charge in [-0.3, -0.25) is 0 Å². The summed E-state index contributed by atoms with van der Waals surface area (Å²) >= 11 is 16.1. The molecule has 8 heavy (non-hydrogen) atoms. The topological polar surface area (TPSA) is 9.23 Å². The van der Waals surface area contributed by atoms with Crippen molar-refractivity contribution < 1.29 is 4.43 Å². The summed E-state index contributed by atoms with van der Waals surface area (Å²) in [6.07, 6.45) is 0.473. The van der Waals surface area contributed by atoms with Gasteiger partial charge in [0.15, 0.2) is 3.79 Å². The number of halogens is 3. The van der Waals surface area contributed by atoms with Gasteiger partial charge in [0.1, 0.15) is 10.5 Å². The minimum absolute atomic E-state index is 0.473. The maximum Gasteiger partial charge on any atom is 0.192 e. The molecule has 1 nitrogen and oxygen atoms in total. The summed E-state index contributed by atoms with van der Waals surface area (Å²) < 4.78 is 3.67. The van der Waals surface area contributed by atoms with E-state index in [9.17, 15) is 0 Å². The highest BCUT2D eigenvalue weighted by atomic mass is 35.6. The molecule has 0 saturated carbocycles. The molecule has 0 N–H and O–H groups in total. The van der Waals surface area contributed by atoms with Gasteiger partial charge in [0.2, 0.25) is 0 Å². The van der Waals surface area contributed by atoms with Crippen molar-refractivity contribution in [1.29, 1.82) is 0 Å². The molecule has 0 bridgehead atoms. The first-order valence-corrected chi connectivity index (χ1v) is 4.07. The highest BCUT2D eigenvalue weighted by Gasteiger charge is 2.17. The number of hydrogen-bond donors (Lipinski definition) is 0. The summed E-state index contributed by atoms with van der Waals surface area (Å²) in [6.45, 7) is 0.544. The molecule has 0 heterocycles. The first kappa shape index (κ1) is 9.05. The van der Waals surface area contributed by atoms with E-state index >= 15 is 0 Å². The third-order valence-corrected chi connectivity index (χ3v) is 1.56. The van der Waals surface area contributed by atoms with Crippen molar-refractivity contribution >= 4 is 45.3 Å². The van der Waals surface area contributed by atoms with Crippen molar-refractivity contribution in [2.24, 2.45) is 0 Å². The van der Waals surface area contributed by atoms with Crippen molar-refractivity contribution in [2.75, 3.05) is 6.61 Å². The van der Waals surface area contributed by atoms with Crippen molar-refractivity contribution in [3.63, 3.8) is 0 Å². The van der Waals surface area contributed by atoms with Gasteiger partial charge in [-0.2, -0.15) is 0 Å². The van der Waals surface area contributed by atoms with E-state index in [2.05, 4.69) is 0 Å². The molecule has 0 atom stereocenters. The van der Waals surface area contributed by atoms with E-state index in [1.165, 1.54) is 0 Å². The molecule has 0 aliphatic carbocycles. The van der Waals surface area contributed by atoms with E-state index in [1.54, 1.807) is 0 Å². The predicted octanol–water partition coefficient (Wildman–Crippen LogP) is 1.04. The Morgan fingerprint density at radius 2 is 1.88 bits per heavy atom. The van der Waals surface area contributed by atoms with Crippen LogP contribution in [-0.4, -0.2) is 20.9 Å². The first-order valence-electron chi connectivity index (χ1n) is 2.12. The van der Waals surface area contributed by atoms with Crippen LogP contribution in [0.1, 0.15) is 6.42 Å². The zero-order valence-electron chi connectivity index (χ0n) is 4.46. The molecule has 0 aliphatic heterocycles. The normalized spacial score (nSPS) is 12.4. The second-order valence-corrected chi connectivity index (χ2v) is 4.45. The molecule has 0 aromatic heterocycles. The van der Waals surface area contributed by atoms with E-state index < -0.39 is 3.79 Å². The second-order valence-electron chi connectivity index (χ2n) is 1.36. The summed E-state index contributed by atoms with van der Waals surface area (Å²) in [5, 5.41) is 0. The Bertz CT molecular complexity index is 62.0. The van der Waals surface area contributed by atoms with Crippen molar-refractivity contribution in [1.82, 2.24) is 0 Å². The van der Waals surface area contributed by atoms with E-state index in [0.717, 1.165) is 0 Å². The zero-order valence-corrected chi connectivity index (χ0v) is 8.72. The Labute approximate surface area is 66.8 Å². The third kappa shape index (κ3) is 7.05. The van der Waals surface area contributed by atoms with Crippen molar-refractivity contribution in [2.45, 2.75) is 10.2 Å². The molecular formula is C3H7Cl3OSi. The molecule has 0 saturated heterocycles. The van der Waals surface area contributed by atoms with E-state index in [4.69, 9.17) is 39.2 Å². The second kappa shape index (κ2) is 3.96. The highest BCUT2D eigenvalue weighted by molar-refractivity contribution is 6.67. The lowest BCUT2D eigenvalue weighted by molar-refractivity contribution is 0.343. The minimum atomic E-state index is -1.13. The monoisotopic (exact) mass is 192 g/mol. The average Bonchev–Trinajstić information content (AvgIpc) is 1.59. The Hall–Kier alpha value is 1.05. The fourth-order valence-corrected chi connectivity index (χ4v) is 0.653. The molecule has 50 valence electrons. The molecule has 0 aromatic rings. The molecule has 0 amide bonds. The van der Waals surface area contributed by atoms with Crippen LogP contribution in [0.4, 0.5) is 0 Å². The van der Waals surface area contributed by atoms with Crippen LogP contribution in [0.15, 0.2) is 0 Å². The third-order valence-electron chi connectivity index (χ3n) is 0.590. The lowest BCUT2D eigenvalue weighted by Gasteiger charge is -2.07. The van der Waals surface area contributed by atoms with E-state index in [1.807, 2.05) is 0 Å². The lowest BCUT2D eigenvalue weighted by Crippen LogP contribution is -2.06. The zero-order chi connectivity index (χ0) is 6.62. The Morgan fingerprint density at radius 1 is 1.38 bits per heavy atom. The van der Waals surface area contributed by atoms with E-state index in [0.29, 0.717) is 23.5 Å². The molecule has 5 heteroatoms. The predicted molar refractivity (Wildman–Crippen MR) is 40.8 cm³/mol. The maximum absolute atomic E-state index is 5.38. The minimum Gasteiger partial charge on any atom is -0.428 e. The maximum atomic E-state index is 5.38. The fraction of sp³-hybridized carbons (Fsp3) is 1.00. The summed E-state index contributed by atoms with van der Waals surface area (Å²) in [7, 11) is 0.706. The molecule has 0 spiro atoms. The Morgan fingerprint density at radius 3 is 2.00 bits per heavy atom. The summed E-state index contributed by atoms with van der Waals surface area (Å²) in [6, 6.07) is 0. The standard InChI is InChI=1S/C3H7Cl3OSi/c4-3(5,6)1-2-7-8/h1-2H2,8H3. The van der Waals surface area contributed by atoms with Crippen LogP contribution in [0, 0.1) is 0 Å².